The lowest BCUT2D eigenvalue weighted by Gasteiger charge is -2.75. The minimum Gasteiger partial charge on any atom is -0.394 e. The van der Waals surface area contributed by atoms with E-state index in [1.807, 2.05) is 0 Å². The van der Waals surface area contributed by atoms with Gasteiger partial charge in [0.25, 0.3) is 0 Å². The predicted octanol–water partition coefficient (Wildman–Crippen LogP) is 0.671. The van der Waals surface area contributed by atoms with E-state index in [1.54, 1.807) is 0 Å². The molecule has 4 aliphatic heterocycles. The number of carbonyl (C=O) groups is 1. The zero-order chi connectivity index (χ0) is 46.3. The minimum atomic E-state index is -1.76. The van der Waals surface area contributed by atoms with Crippen LogP contribution in [-0.2, 0) is 38.0 Å². The Hall–Kier alpha value is -0.970. The lowest BCUT2D eigenvalue weighted by atomic mass is 9.30. The maximum Gasteiger partial charge on any atom is 0.187 e. The SMILES string of the molecule is C[C@@H]1O[C@@H](O[C@H]2[C@H](O[C@H]3CO[C@@H](O[C@H]4CC[C@]5(C)[C@H]6CC[C@]78OC[C@@]9(CC[C@](C)(C=O)C[C@H]97)[C@H](O)C[C@@]8(C)[C@]6(C)CC[C@H]5C4(C)C)[C@H](O)[C@H]3O)O[C@H](CO)[C@H](O)[C@@H]2O)[C@H](O)[C@H](O)[C@H]1O. The third-order valence-electron chi connectivity index (χ3n) is 20.2. The van der Waals surface area contributed by atoms with Crippen molar-refractivity contribution in [3.8, 4) is 0 Å². The van der Waals surface area contributed by atoms with Crippen LogP contribution in [0.25, 0.3) is 0 Å². The van der Waals surface area contributed by atoms with E-state index in [4.69, 9.17) is 33.2 Å². The molecule has 4 saturated heterocycles. The number of hydrogen-bond donors (Lipinski definition) is 9. The quantitative estimate of drug-likeness (QED) is 0.120. The van der Waals surface area contributed by atoms with Gasteiger partial charge in [-0.1, -0.05) is 41.5 Å². The zero-order valence-corrected chi connectivity index (χ0v) is 38.5. The average Bonchev–Trinajstić information content (AvgIpc) is 3.53. The molecule has 366 valence electrons. The molecule has 0 aromatic rings. The van der Waals surface area contributed by atoms with Gasteiger partial charge >= 0.3 is 0 Å². The number of aliphatic hydroxyl groups is 9. The van der Waals surface area contributed by atoms with Crippen molar-refractivity contribution >= 4 is 6.29 Å². The van der Waals surface area contributed by atoms with Gasteiger partial charge in [0, 0.05) is 16.2 Å². The van der Waals surface area contributed by atoms with E-state index in [0.717, 1.165) is 57.7 Å². The lowest BCUT2D eigenvalue weighted by molar-refractivity contribution is -0.382. The van der Waals surface area contributed by atoms with Crippen molar-refractivity contribution in [3.63, 3.8) is 0 Å². The van der Waals surface area contributed by atoms with Crippen LogP contribution in [0.2, 0.25) is 0 Å². The number of aliphatic hydroxyl groups excluding tert-OH is 9. The van der Waals surface area contributed by atoms with Crippen molar-refractivity contribution in [2.45, 2.75) is 216 Å². The number of ether oxygens (including phenoxy) is 7. The van der Waals surface area contributed by atoms with Gasteiger partial charge in [0.1, 0.15) is 67.3 Å². The molecule has 64 heavy (non-hydrogen) atoms. The fourth-order valence-electron chi connectivity index (χ4n) is 16.1. The van der Waals surface area contributed by atoms with Crippen LogP contribution < -0.4 is 0 Å². The lowest BCUT2D eigenvalue weighted by Crippen LogP contribution is -2.74. The number of fused-ring (bicyclic) bond motifs is 4. The van der Waals surface area contributed by atoms with Gasteiger partial charge in [-0.25, -0.2) is 0 Å². The molecule has 0 aromatic carbocycles. The first kappa shape index (κ1) is 48.1. The van der Waals surface area contributed by atoms with E-state index in [9.17, 15) is 50.8 Å². The summed E-state index contributed by atoms with van der Waals surface area (Å²) in [4.78, 5) is 12.5. The predicted molar refractivity (Wildman–Crippen MR) is 223 cm³/mol. The Morgan fingerprint density at radius 2 is 1.36 bits per heavy atom. The second-order valence-electron chi connectivity index (χ2n) is 23.4. The minimum absolute atomic E-state index is 0.0642. The molecule has 0 amide bonds. The van der Waals surface area contributed by atoms with E-state index < -0.39 is 110 Å². The van der Waals surface area contributed by atoms with Crippen LogP contribution in [0.15, 0.2) is 0 Å². The molecule has 25 atom stereocenters. The Kier molecular flexibility index (Phi) is 12.2. The van der Waals surface area contributed by atoms with Crippen LogP contribution in [-0.4, -0.2) is 176 Å². The summed E-state index contributed by atoms with van der Waals surface area (Å²) in [6, 6.07) is 0. The molecule has 4 heterocycles. The molecule has 17 nitrogen and oxygen atoms in total. The first-order valence-electron chi connectivity index (χ1n) is 24.0. The molecule has 1 spiro atoms. The molecule has 5 aliphatic carbocycles. The Labute approximate surface area is 376 Å². The number of aldehydes is 1. The molecular weight excluding hydrogens is 837 g/mol. The van der Waals surface area contributed by atoms with E-state index in [1.165, 1.54) is 6.92 Å². The standard InChI is InChI=1S/C47H76O17/c1-22-30(51)33(54)36(57)39(60-22)64-37-34(55)31(52)23(18-48)61-40(37)62-24-19-58-38(35(56)32(24)53)63-29-10-11-43(5)25(41(29,2)3)8-12-44(6)26(43)9-13-47-27-16-42(4,20-49)14-15-46(27,21-59-47)28(50)17-45(44,47)7/h20,22-40,48,50-57H,8-19,21H2,1-7H3/t22-,23+,24-,25-,26+,27+,28+,29-,30-,31-,32-,33+,34-,35+,36+,37+,38-,39-,40-,42-,43-,44+,45-,46+,47-/m0/s1. The van der Waals surface area contributed by atoms with Crippen molar-refractivity contribution in [3.05, 3.63) is 0 Å². The highest BCUT2D eigenvalue weighted by Crippen LogP contribution is 2.80. The van der Waals surface area contributed by atoms with Gasteiger partial charge in [-0.2, -0.15) is 0 Å². The molecule has 0 radical (unpaired) electrons. The maximum absolute atomic E-state index is 12.5. The van der Waals surface area contributed by atoms with Gasteiger partial charge in [-0.3, -0.25) is 0 Å². The van der Waals surface area contributed by atoms with Crippen LogP contribution in [0.5, 0.6) is 0 Å². The van der Waals surface area contributed by atoms with Gasteiger partial charge in [-0.15, -0.1) is 0 Å². The Morgan fingerprint density at radius 1 is 0.656 bits per heavy atom. The van der Waals surface area contributed by atoms with Crippen molar-refractivity contribution in [1.29, 1.82) is 0 Å². The molecule has 9 rings (SSSR count). The van der Waals surface area contributed by atoms with Crippen molar-refractivity contribution in [2.24, 2.45) is 50.2 Å². The molecule has 17 heteroatoms. The first-order valence-corrected chi connectivity index (χ1v) is 24.0. The smallest absolute Gasteiger partial charge is 0.187 e. The summed E-state index contributed by atoms with van der Waals surface area (Å²) in [6.45, 7) is 14.9. The second kappa shape index (κ2) is 16.3. The summed E-state index contributed by atoms with van der Waals surface area (Å²) in [6.07, 6.45) is -12.2. The van der Waals surface area contributed by atoms with Gasteiger partial charge in [0.2, 0.25) is 0 Å². The van der Waals surface area contributed by atoms with Crippen LogP contribution in [0.1, 0.15) is 113 Å². The Bertz CT molecular complexity index is 1740. The van der Waals surface area contributed by atoms with E-state index >= 15 is 0 Å². The molecule has 2 bridgehead atoms. The normalized spacial score (nSPS) is 59.2. The van der Waals surface area contributed by atoms with Gasteiger partial charge < -0.3 is 83.9 Å². The highest BCUT2D eigenvalue weighted by molar-refractivity contribution is 5.59. The Balaban J connectivity index is 0.882. The van der Waals surface area contributed by atoms with E-state index in [-0.39, 0.29) is 51.6 Å². The summed E-state index contributed by atoms with van der Waals surface area (Å²) in [7, 11) is 0. The number of hydrogen-bond acceptors (Lipinski definition) is 17. The summed E-state index contributed by atoms with van der Waals surface area (Å²) in [5.41, 5.74) is -1.96. The summed E-state index contributed by atoms with van der Waals surface area (Å²) >= 11 is 0. The third kappa shape index (κ3) is 6.71. The van der Waals surface area contributed by atoms with E-state index in [0.29, 0.717) is 25.4 Å². The molecule has 0 aromatic heterocycles. The zero-order valence-electron chi connectivity index (χ0n) is 38.5. The van der Waals surface area contributed by atoms with E-state index in [2.05, 4.69) is 41.5 Å². The fourth-order valence-corrected chi connectivity index (χ4v) is 16.1. The van der Waals surface area contributed by atoms with Crippen LogP contribution in [0.3, 0.4) is 0 Å². The van der Waals surface area contributed by atoms with Crippen molar-refractivity contribution < 1.29 is 83.9 Å². The number of rotatable bonds is 8. The highest BCUT2D eigenvalue weighted by atomic mass is 16.8. The molecule has 0 unspecified atom stereocenters. The summed E-state index contributed by atoms with van der Waals surface area (Å²) < 4.78 is 43.1. The molecule has 5 saturated carbocycles. The topological polar surface area (TPSA) is 264 Å². The highest BCUT2D eigenvalue weighted by Gasteiger charge is 2.80. The molecule has 9 aliphatic rings. The summed E-state index contributed by atoms with van der Waals surface area (Å²) in [5.74, 6) is 0.733. The first-order chi connectivity index (χ1) is 30.0. The molecular formula is C47H76O17. The van der Waals surface area contributed by atoms with Gasteiger partial charge in [0.05, 0.1) is 43.7 Å². The van der Waals surface area contributed by atoms with Crippen LogP contribution in [0, 0.1) is 50.2 Å². The largest absolute Gasteiger partial charge is 0.394 e. The Morgan fingerprint density at radius 3 is 2.06 bits per heavy atom. The van der Waals surface area contributed by atoms with Crippen LogP contribution >= 0.6 is 0 Å². The second-order valence-corrected chi connectivity index (χ2v) is 23.4. The monoisotopic (exact) mass is 913 g/mol. The molecule has 9 N–H and O–H groups in total. The van der Waals surface area contributed by atoms with Gasteiger partial charge in [-0.05, 0) is 105 Å². The van der Waals surface area contributed by atoms with Gasteiger partial charge in [0.15, 0.2) is 18.9 Å². The summed E-state index contributed by atoms with van der Waals surface area (Å²) in [5, 5.41) is 98.1. The third-order valence-corrected chi connectivity index (χ3v) is 20.2. The fraction of sp³-hybridized carbons (Fsp3) is 0.979. The maximum atomic E-state index is 12.5. The average molecular weight is 913 g/mol. The van der Waals surface area contributed by atoms with Crippen molar-refractivity contribution in [1.82, 2.24) is 0 Å². The van der Waals surface area contributed by atoms with Crippen molar-refractivity contribution in [2.75, 3.05) is 19.8 Å². The molecule has 9 fully saturated rings. The number of carbonyl (C=O) groups excluding carboxylic acids is 1. The van der Waals surface area contributed by atoms with Crippen LogP contribution in [0.4, 0.5) is 0 Å².